The van der Waals surface area contributed by atoms with Crippen molar-refractivity contribution in [1.82, 2.24) is 15.3 Å². The van der Waals surface area contributed by atoms with Crippen LogP contribution in [-0.2, 0) is 4.74 Å². The Bertz CT molecular complexity index is 776. The molecule has 8 heteroatoms. The number of ether oxygens (including phenoxy) is 3. The lowest BCUT2D eigenvalue weighted by Gasteiger charge is -2.12. The lowest BCUT2D eigenvalue weighted by atomic mass is 10.2. The van der Waals surface area contributed by atoms with Gasteiger partial charge in [-0.1, -0.05) is 0 Å². The van der Waals surface area contributed by atoms with E-state index in [1.54, 1.807) is 20.1 Å². The molecule has 1 aromatic heterocycles. The van der Waals surface area contributed by atoms with E-state index < -0.39 is 0 Å². The summed E-state index contributed by atoms with van der Waals surface area (Å²) in [4.78, 5) is 20.9. The number of nitrogens with one attached hydrogen (secondary N) is 2. The smallest absolute Gasteiger partial charge is 0.270 e. The summed E-state index contributed by atoms with van der Waals surface area (Å²) in [7, 11) is 1.61. The maximum atomic E-state index is 12.4. The van der Waals surface area contributed by atoms with Crippen molar-refractivity contribution in [3.8, 4) is 11.5 Å². The molecule has 0 bridgehead atoms. The summed E-state index contributed by atoms with van der Waals surface area (Å²) >= 11 is 0. The molecule has 1 aliphatic heterocycles. The molecule has 0 spiro atoms. The third-order valence-corrected chi connectivity index (χ3v) is 4.32. The molecule has 0 aliphatic carbocycles. The van der Waals surface area contributed by atoms with Crippen LogP contribution < -0.4 is 20.1 Å². The Hall–Kier alpha value is -2.87. The van der Waals surface area contributed by atoms with Gasteiger partial charge in [-0.2, -0.15) is 0 Å². The molecule has 1 aliphatic rings. The van der Waals surface area contributed by atoms with E-state index in [0.29, 0.717) is 42.8 Å². The molecule has 0 radical (unpaired) electrons. The van der Waals surface area contributed by atoms with Gasteiger partial charge in [0.1, 0.15) is 35.4 Å². The van der Waals surface area contributed by atoms with Crippen molar-refractivity contribution in [2.45, 2.75) is 25.9 Å². The minimum absolute atomic E-state index is 0.197. The third-order valence-electron chi connectivity index (χ3n) is 4.32. The summed E-state index contributed by atoms with van der Waals surface area (Å²) in [6, 6.07) is 8.94. The molecule has 2 N–H and O–H groups in total. The van der Waals surface area contributed by atoms with Crippen LogP contribution in [0.2, 0.25) is 0 Å². The van der Waals surface area contributed by atoms with Gasteiger partial charge in [0.15, 0.2) is 0 Å². The largest absolute Gasteiger partial charge is 0.497 e. The minimum Gasteiger partial charge on any atom is -0.497 e. The van der Waals surface area contributed by atoms with Crippen LogP contribution in [-0.4, -0.2) is 55.4 Å². The predicted octanol–water partition coefficient (Wildman–Crippen LogP) is 2.19. The van der Waals surface area contributed by atoms with Crippen LogP contribution in [0.3, 0.4) is 0 Å². The number of aryl methyl sites for hydroxylation is 1. The summed E-state index contributed by atoms with van der Waals surface area (Å²) in [5.74, 6) is 2.39. The summed E-state index contributed by atoms with van der Waals surface area (Å²) < 4.78 is 16.3. The van der Waals surface area contributed by atoms with E-state index in [4.69, 9.17) is 14.2 Å². The first-order valence-corrected chi connectivity index (χ1v) is 9.40. The van der Waals surface area contributed by atoms with Crippen molar-refractivity contribution < 1.29 is 19.0 Å². The van der Waals surface area contributed by atoms with Gasteiger partial charge in [-0.05, 0) is 44.0 Å². The first-order chi connectivity index (χ1) is 13.6. The second kappa shape index (κ2) is 9.89. The zero-order valence-corrected chi connectivity index (χ0v) is 16.2. The normalized spacial score (nSPS) is 15.9. The lowest BCUT2D eigenvalue weighted by Crippen LogP contribution is -2.29. The van der Waals surface area contributed by atoms with Crippen LogP contribution in [0.15, 0.2) is 30.3 Å². The Labute approximate surface area is 164 Å². The molecular formula is C20H26N4O4. The van der Waals surface area contributed by atoms with Crippen molar-refractivity contribution in [2.24, 2.45) is 0 Å². The average Bonchev–Trinajstić information content (AvgIpc) is 3.23. The fourth-order valence-corrected chi connectivity index (χ4v) is 2.89. The highest BCUT2D eigenvalue weighted by atomic mass is 16.5. The van der Waals surface area contributed by atoms with Crippen LogP contribution >= 0.6 is 0 Å². The van der Waals surface area contributed by atoms with E-state index in [0.717, 1.165) is 25.2 Å². The van der Waals surface area contributed by atoms with E-state index in [-0.39, 0.29) is 12.0 Å². The topological polar surface area (TPSA) is 94.6 Å². The Morgan fingerprint density at radius 2 is 2.04 bits per heavy atom. The number of hydrogen-bond acceptors (Lipinski definition) is 7. The minimum atomic E-state index is -0.260. The molecule has 1 fully saturated rings. The Morgan fingerprint density at radius 3 is 2.75 bits per heavy atom. The molecule has 1 atom stereocenters. The zero-order chi connectivity index (χ0) is 19.8. The number of hydrogen-bond donors (Lipinski definition) is 2. The first kappa shape index (κ1) is 19.9. The van der Waals surface area contributed by atoms with Gasteiger partial charge in [0, 0.05) is 19.2 Å². The number of carbonyl (C=O) groups is 1. The Kier molecular flexibility index (Phi) is 7.02. The van der Waals surface area contributed by atoms with Crippen LogP contribution in [0, 0.1) is 6.92 Å². The lowest BCUT2D eigenvalue weighted by molar-refractivity contribution is 0.0941. The quantitative estimate of drug-likeness (QED) is 0.638. The molecule has 8 nitrogen and oxygen atoms in total. The molecule has 2 heterocycles. The number of methoxy groups -OCH3 is 1. The molecule has 1 aromatic carbocycles. The highest BCUT2D eigenvalue weighted by Crippen LogP contribution is 2.17. The zero-order valence-electron chi connectivity index (χ0n) is 16.2. The van der Waals surface area contributed by atoms with Crippen molar-refractivity contribution in [3.63, 3.8) is 0 Å². The van der Waals surface area contributed by atoms with E-state index in [9.17, 15) is 4.79 Å². The van der Waals surface area contributed by atoms with Gasteiger partial charge >= 0.3 is 0 Å². The number of amides is 1. The third kappa shape index (κ3) is 5.82. The molecule has 1 unspecified atom stereocenters. The van der Waals surface area contributed by atoms with Gasteiger partial charge in [0.25, 0.3) is 5.91 Å². The molecule has 2 aromatic rings. The molecule has 1 saturated heterocycles. The number of carbonyl (C=O) groups excluding carboxylic acids is 1. The Balaban J connectivity index is 1.46. The predicted molar refractivity (Wildman–Crippen MR) is 105 cm³/mol. The maximum Gasteiger partial charge on any atom is 0.270 e. The van der Waals surface area contributed by atoms with E-state index in [1.807, 2.05) is 24.3 Å². The van der Waals surface area contributed by atoms with Crippen LogP contribution in [0.5, 0.6) is 11.5 Å². The fourth-order valence-electron chi connectivity index (χ4n) is 2.89. The maximum absolute atomic E-state index is 12.4. The van der Waals surface area contributed by atoms with Crippen molar-refractivity contribution in [2.75, 3.05) is 38.7 Å². The van der Waals surface area contributed by atoms with Crippen molar-refractivity contribution in [3.05, 3.63) is 41.9 Å². The number of rotatable bonds is 9. The van der Waals surface area contributed by atoms with Gasteiger partial charge < -0.3 is 24.8 Å². The fraction of sp³-hybridized carbons (Fsp3) is 0.450. The number of benzene rings is 1. The van der Waals surface area contributed by atoms with E-state index >= 15 is 0 Å². The summed E-state index contributed by atoms with van der Waals surface area (Å²) in [5, 5.41) is 6.04. The average molecular weight is 386 g/mol. The second-order valence-electron chi connectivity index (χ2n) is 6.48. The first-order valence-electron chi connectivity index (χ1n) is 9.40. The molecule has 1 amide bonds. The number of nitrogens with zero attached hydrogens (tertiary/aromatic N) is 2. The highest BCUT2D eigenvalue weighted by molar-refractivity contribution is 5.92. The molecule has 0 saturated carbocycles. The number of aromatic nitrogens is 2. The molecule has 3 rings (SSSR count). The van der Waals surface area contributed by atoms with Gasteiger partial charge in [0.05, 0.1) is 19.8 Å². The van der Waals surface area contributed by atoms with Gasteiger partial charge in [0.2, 0.25) is 0 Å². The van der Waals surface area contributed by atoms with E-state index in [2.05, 4.69) is 20.6 Å². The van der Waals surface area contributed by atoms with Gasteiger partial charge in [-0.25, -0.2) is 9.97 Å². The van der Waals surface area contributed by atoms with Crippen LogP contribution in [0.1, 0.15) is 29.2 Å². The molecular weight excluding hydrogens is 360 g/mol. The summed E-state index contributed by atoms with van der Waals surface area (Å²) in [6.07, 6.45) is 2.32. The van der Waals surface area contributed by atoms with Crippen LogP contribution in [0.4, 0.5) is 5.82 Å². The highest BCUT2D eigenvalue weighted by Gasteiger charge is 2.16. The van der Waals surface area contributed by atoms with Crippen molar-refractivity contribution >= 4 is 11.7 Å². The Morgan fingerprint density at radius 1 is 1.25 bits per heavy atom. The number of anilines is 1. The molecule has 28 heavy (non-hydrogen) atoms. The van der Waals surface area contributed by atoms with Crippen LogP contribution in [0.25, 0.3) is 0 Å². The SMILES string of the molecule is COc1ccc(OCCNC(=O)c2cc(NCC3CCCO3)nc(C)n2)cc1. The van der Waals surface area contributed by atoms with Crippen molar-refractivity contribution in [1.29, 1.82) is 0 Å². The van der Waals surface area contributed by atoms with Gasteiger partial charge in [-0.15, -0.1) is 0 Å². The summed E-state index contributed by atoms with van der Waals surface area (Å²) in [6.45, 7) is 3.97. The standard InChI is InChI=1S/C20H26N4O4/c1-14-23-18(12-19(24-14)22-13-17-4-3-10-27-17)20(25)21-9-11-28-16-7-5-15(26-2)6-8-16/h5-8,12,17H,3-4,9-11,13H2,1-2H3,(H,21,25)(H,22,23,24). The monoisotopic (exact) mass is 386 g/mol. The molecule has 150 valence electrons. The van der Waals surface area contributed by atoms with Gasteiger partial charge in [-0.3, -0.25) is 4.79 Å². The second-order valence-corrected chi connectivity index (χ2v) is 6.48. The van der Waals surface area contributed by atoms with E-state index in [1.165, 1.54) is 0 Å². The summed E-state index contributed by atoms with van der Waals surface area (Å²) in [5.41, 5.74) is 0.326.